The third kappa shape index (κ3) is 5.09. The number of aromatic nitrogens is 2. The molecule has 1 aromatic rings. The first kappa shape index (κ1) is 15.9. The van der Waals surface area contributed by atoms with Gasteiger partial charge in [-0.15, -0.1) is 0 Å². The lowest BCUT2D eigenvalue weighted by molar-refractivity contribution is 0.145. The molecule has 7 heteroatoms. The van der Waals surface area contributed by atoms with Crippen molar-refractivity contribution in [3.63, 3.8) is 0 Å². The molecule has 0 aliphatic carbocycles. The lowest BCUT2D eigenvalue weighted by atomic mass is 10.3. The molecule has 0 saturated carbocycles. The van der Waals surface area contributed by atoms with E-state index in [-0.39, 0.29) is 0 Å². The monoisotopic (exact) mass is 309 g/mol. The minimum atomic E-state index is 0.772. The normalized spacial score (nSPS) is 15.1. The van der Waals surface area contributed by atoms with Crippen molar-refractivity contribution in [2.75, 3.05) is 50.8 Å². The third-order valence-corrected chi connectivity index (χ3v) is 3.75. The summed E-state index contributed by atoms with van der Waals surface area (Å²) in [6.45, 7) is 8.01. The van der Waals surface area contributed by atoms with Crippen LogP contribution in [0.3, 0.4) is 0 Å². The highest BCUT2D eigenvalue weighted by Crippen LogP contribution is 2.09. The molecule has 116 valence electrons. The van der Waals surface area contributed by atoms with Crippen molar-refractivity contribution in [2.45, 2.75) is 13.3 Å². The predicted octanol–water partition coefficient (Wildman–Crippen LogP) is 0.900. The summed E-state index contributed by atoms with van der Waals surface area (Å²) in [7, 11) is 0. The van der Waals surface area contributed by atoms with Gasteiger partial charge in [-0.05, 0) is 31.6 Å². The van der Waals surface area contributed by atoms with Gasteiger partial charge in [0.1, 0.15) is 0 Å². The smallest absolute Gasteiger partial charge is 0.225 e. The number of hydrogen-bond acceptors (Lipinski definition) is 5. The molecule has 1 aliphatic heterocycles. The van der Waals surface area contributed by atoms with Gasteiger partial charge in [-0.3, -0.25) is 0 Å². The van der Waals surface area contributed by atoms with E-state index in [1.54, 1.807) is 12.4 Å². The number of piperazine rings is 1. The summed E-state index contributed by atoms with van der Waals surface area (Å²) >= 11 is 5.43. The molecule has 2 rings (SSSR count). The number of thiocarbonyl (C=S) groups is 1. The van der Waals surface area contributed by atoms with Crippen molar-refractivity contribution in [3.8, 4) is 0 Å². The highest BCUT2D eigenvalue weighted by Gasteiger charge is 2.20. The van der Waals surface area contributed by atoms with Crippen LogP contribution in [0.4, 0.5) is 5.95 Å². The summed E-state index contributed by atoms with van der Waals surface area (Å²) < 4.78 is 5.31. The van der Waals surface area contributed by atoms with Gasteiger partial charge in [0.15, 0.2) is 5.11 Å². The van der Waals surface area contributed by atoms with Crippen molar-refractivity contribution < 1.29 is 4.74 Å². The Labute approximate surface area is 131 Å². The van der Waals surface area contributed by atoms with Crippen molar-refractivity contribution >= 4 is 23.3 Å². The van der Waals surface area contributed by atoms with Gasteiger partial charge in [-0.2, -0.15) is 0 Å². The minimum Gasteiger partial charge on any atom is -0.382 e. The predicted molar refractivity (Wildman–Crippen MR) is 87.5 cm³/mol. The maximum absolute atomic E-state index is 5.43. The standard InChI is InChI=1S/C14H23N5OS/c1-2-20-12-4-7-17-14(21)19-10-8-18(9-11-19)13-15-5-3-6-16-13/h3,5-6H,2,4,7-12H2,1H3,(H,17,21). The van der Waals surface area contributed by atoms with E-state index in [9.17, 15) is 0 Å². The van der Waals surface area contributed by atoms with E-state index in [0.717, 1.165) is 63.4 Å². The van der Waals surface area contributed by atoms with Crippen molar-refractivity contribution in [3.05, 3.63) is 18.5 Å². The van der Waals surface area contributed by atoms with Crippen molar-refractivity contribution in [1.82, 2.24) is 20.2 Å². The molecule has 1 fully saturated rings. The Morgan fingerprint density at radius 3 is 2.67 bits per heavy atom. The van der Waals surface area contributed by atoms with Crippen LogP contribution in [-0.2, 0) is 4.74 Å². The van der Waals surface area contributed by atoms with Crippen LogP contribution in [-0.4, -0.2) is 65.9 Å². The van der Waals surface area contributed by atoms with E-state index in [1.807, 2.05) is 13.0 Å². The summed E-state index contributed by atoms with van der Waals surface area (Å²) in [6, 6.07) is 1.83. The first-order chi connectivity index (χ1) is 10.3. The van der Waals surface area contributed by atoms with Crippen LogP contribution >= 0.6 is 12.2 Å². The lowest BCUT2D eigenvalue weighted by Gasteiger charge is -2.36. The first-order valence-electron chi connectivity index (χ1n) is 7.43. The van der Waals surface area contributed by atoms with Gasteiger partial charge in [0, 0.05) is 58.3 Å². The summed E-state index contributed by atoms with van der Waals surface area (Å²) in [5.41, 5.74) is 0. The Kier molecular flexibility index (Phi) is 6.62. The zero-order valence-corrected chi connectivity index (χ0v) is 13.3. The van der Waals surface area contributed by atoms with Gasteiger partial charge in [0.25, 0.3) is 0 Å². The largest absolute Gasteiger partial charge is 0.382 e. The number of ether oxygens (including phenoxy) is 1. The minimum absolute atomic E-state index is 0.772. The summed E-state index contributed by atoms with van der Waals surface area (Å²) in [5, 5.41) is 4.13. The van der Waals surface area contributed by atoms with Gasteiger partial charge < -0.3 is 19.9 Å². The fourth-order valence-corrected chi connectivity index (χ4v) is 2.47. The number of anilines is 1. The van der Waals surface area contributed by atoms with E-state index in [2.05, 4.69) is 25.1 Å². The van der Waals surface area contributed by atoms with E-state index in [0.29, 0.717) is 0 Å². The van der Waals surface area contributed by atoms with Crippen LogP contribution in [0, 0.1) is 0 Å². The van der Waals surface area contributed by atoms with Crippen molar-refractivity contribution in [2.24, 2.45) is 0 Å². The Morgan fingerprint density at radius 2 is 2.00 bits per heavy atom. The zero-order valence-electron chi connectivity index (χ0n) is 12.5. The van der Waals surface area contributed by atoms with E-state index in [4.69, 9.17) is 17.0 Å². The Hall–Kier alpha value is -1.47. The van der Waals surface area contributed by atoms with Gasteiger partial charge in [-0.1, -0.05) is 0 Å². The average Bonchev–Trinajstić information content (AvgIpc) is 2.55. The fraction of sp³-hybridized carbons (Fsp3) is 0.643. The highest BCUT2D eigenvalue weighted by atomic mass is 32.1. The second kappa shape index (κ2) is 8.74. The number of rotatable bonds is 6. The van der Waals surface area contributed by atoms with Crippen LogP contribution < -0.4 is 10.2 Å². The molecule has 0 spiro atoms. The number of nitrogens with zero attached hydrogens (tertiary/aromatic N) is 4. The second-order valence-corrected chi connectivity index (χ2v) is 5.19. The molecule has 0 aromatic carbocycles. The molecule has 0 unspecified atom stereocenters. The van der Waals surface area contributed by atoms with Gasteiger partial charge >= 0.3 is 0 Å². The molecule has 0 amide bonds. The van der Waals surface area contributed by atoms with Crippen LogP contribution in [0.25, 0.3) is 0 Å². The molecule has 1 aromatic heterocycles. The third-order valence-electron chi connectivity index (χ3n) is 3.35. The summed E-state index contributed by atoms with van der Waals surface area (Å²) in [4.78, 5) is 13.0. The zero-order chi connectivity index (χ0) is 14.9. The van der Waals surface area contributed by atoms with Crippen LogP contribution in [0.15, 0.2) is 18.5 Å². The Bertz CT molecular complexity index is 423. The van der Waals surface area contributed by atoms with Gasteiger partial charge in [-0.25, -0.2) is 9.97 Å². The highest BCUT2D eigenvalue weighted by molar-refractivity contribution is 7.80. The molecule has 6 nitrogen and oxygen atoms in total. The average molecular weight is 309 g/mol. The molecule has 1 saturated heterocycles. The molecule has 21 heavy (non-hydrogen) atoms. The van der Waals surface area contributed by atoms with Crippen LogP contribution in [0.2, 0.25) is 0 Å². The quantitative estimate of drug-likeness (QED) is 0.619. The van der Waals surface area contributed by atoms with E-state index < -0.39 is 0 Å². The Balaban J connectivity index is 1.67. The maximum Gasteiger partial charge on any atom is 0.225 e. The molecule has 1 N–H and O–H groups in total. The molecule has 2 heterocycles. The molecular weight excluding hydrogens is 286 g/mol. The van der Waals surface area contributed by atoms with Crippen molar-refractivity contribution in [1.29, 1.82) is 0 Å². The molecule has 0 bridgehead atoms. The van der Waals surface area contributed by atoms with Crippen LogP contribution in [0.5, 0.6) is 0 Å². The first-order valence-corrected chi connectivity index (χ1v) is 7.84. The van der Waals surface area contributed by atoms with Gasteiger partial charge in [0.05, 0.1) is 0 Å². The Morgan fingerprint density at radius 1 is 1.29 bits per heavy atom. The molecule has 0 radical (unpaired) electrons. The van der Waals surface area contributed by atoms with Crippen LogP contribution in [0.1, 0.15) is 13.3 Å². The molecule has 1 aliphatic rings. The summed E-state index contributed by atoms with van der Waals surface area (Å²) in [6.07, 6.45) is 4.53. The maximum atomic E-state index is 5.43. The molecular formula is C14H23N5OS. The number of hydrogen-bond donors (Lipinski definition) is 1. The second-order valence-electron chi connectivity index (χ2n) is 4.81. The van der Waals surface area contributed by atoms with E-state index >= 15 is 0 Å². The van der Waals surface area contributed by atoms with E-state index in [1.165, 1.54) is 0 Å². The fourth-order valence-electron chi connectivity index (χ4n) is 2.19. The van der Waals surface area contributed by atoms with Gasteiger partial charge in [0.2, 0.25) is 5.95 Å². The topological polar surface area (TPSA) is 53.5 Å². The SMILES string of the molecule is CCOCCCNC(=S)N1CCN(c2ncccn2)CC1. The molecule has 0 atom stereocenters. The lowest BCUT2D eigenvalue weighted by Crippen LogP contribution is -2.52. The summed E-state index contributed by atoms with van der Waals surface area (Å²) in [5.74, 6) is 0.799. The number of nitrogens with one attached hydrogen (secondary N) is 1.